The van der Waals surface area contributed by atoms with Gasteiger partial charge in [0.05, 0.1) is 11.0 Å². The van der Waals surface area contributed by atoms with E-state index in [2.05, 4.69) is 4.72 Å². The number of hydrogen-bond acceptors (Lipinski definition) is 3. The molecule has 0 aliphatic heterocycles. The summed E-state index contributed by atoms with van der Waals surface area (Å²) >= 11 is 0. The predicted octanol–water partition coefficient (Wildman–Crippen LogP) is 2.04. The molecule has 0 spiro atoms. The molecule has 0 heterocycles. The molecule has 0 fully saturated rings. The molecule has 1 rings (SSSR count). The van der Waals surface area contributed by atoms with Crippen LogP contribution in [0.15, 0.2) is 23.1 Å². The highest BCUT2D eigenvalue weighted by Crippen LogP contribution is 2.21. The molecule has 1 unspecified atom stereocenters. The lowest BCUT2D eigenvalue weighted by atomic mass is 9.87. The van der Waals surface area contributed by atoms with E-state index in [0.29, 0.717) is 6.07 Å². The van der Waals surface area contributed by atoms with Crippen LogP contribution in [0.5, 0.6) is 0 Å². The molecule has 7 heteroatoms. The van der Waals surface area contributed by atoms with Gasteiger partial charge in [0.1, 0.15) is 11.6 Å². The van der Waals surface area contributed by atoms with Crippen LogP contribution in [0.2, 0.25) is 0 Å². The van der Waals surface area contributed by atoms with Crippen LogP contribution in [0.1, 0.15) is 27.2 Å². The summed E-state index contributed by atoms with van der Waals surface area (Å²) in [5.41, 5.74) is -0.365. The Morgan fingerprint density at radius 2 is 1.70 bits per heavy atom. The predicted molar refractivity (Wildman–Crippen MR) is 71.6 cm³/mol. The van der Waals surface area contributed by atoms with Crippen LogP contribution < -0.4 is 4.72 Å². The summed E-state index contributed by atoms with van der Waals surface area (Å²) in [7, 11) is -3.99. The molecule has 0 amide bonds. The molecule has 0 radical (unpaired) electrons. The van der Waals surface area contributed by atoms with E-state index < -0.39 is 32.7 Å². The first-order chi connectivity index (χ1) is 9.02. The molecular formula is C13H19F2NO3S. The summed E-state index contributed by atoms with van der Waals surface area (Å²) in [6.45, 7) is 5.47. The normalized spacial score (nSPS) is 14.3. The Labute approximate surface area is 117 Å². The van der Waals surface area contributed by atoms with Gasteiger partial charge in [0.2, 0.25) is 10.0 Å². The summed E-state index contributed by atoms with van der Waals surface area (Å²) in [5.74, 6) is -1.92. The Balaban J connectivity index is 2.71. The first kappa shape index (κ1) is 17.0. The third kappa shape index (κ3) is 4.81. The average Bonchev–Trinajstić information content (AvgIpc) is 2.25. The molecule has 1 aromatic rings. The van der Waals surface area contributed by atoms with Gasteiger partial charge >= 0.3 is 0 Å². The van der Waals surface area contributed by atoms with Crippen molar-refractivity contribution in [3.8, 4) is 0 Å². The summed E-state index contributed by atoms with van der Waals surface area (Å²) in [5, 5.41) is 9.79. The maximum Gasteiger partial charge on any atom is 0.240 e. The van der Waals surface area contributed by atoms with Gasteiger partial charge in [-0.1, -0.05) is 20.8 Å². The molecule has 114 valence electrons. The Hall–Kier alpha value is -1.05. The van der Waals surface area contributed by atoms with Crippen LogP contribution in [0.4, 0.5) is 8.78 Å². The summed E-state index contributed by atoms with van der Waals surface area (Å²) in [6, 6.07) is 2.08. The van der Waals surface area contributed by atoms with Gasteiger partial charge in [-0.2, -0.15) is 0 Å². The number of aliphatic hydroxyl groups excluding tert-OH is 1. The molecule has 2 N–H and O–H groups in total. The molecule has 1 aromatic carbocycles. The fraction of sp³-hybridized carbons (Fsp3) is 0.538. The van der Waals surface area contributed by atoms with Crippen LogP contribution in [-0.2, 0) is 10.0 Å². The van der Waals surface area contributed by atoms with Crippen molar-refractivity contribution in [3.05, 3.63) is 29.8 Å². The third-order valence-corrected chi connectivity index (χ3v) is 4.30. The van der Waals surface area contributed by atoms with E-state index in [1.54, 1.807) is 0 Å². The van der Waals surface area contributed by atoms with Crippen molar-refractivity contribution in [2.75, 3.05) is 6.54 Å². The highest BCUT2D eigenvalue weighted by atomic mass is 32.2. The molecule has 0 saturated carbocycles. The van der Waals surface area contributed by atoms with Gasteiger partial charge in [-0.15, -0.1) is 0 Å². The number of nitrogens with one attached hydrogen (secondary N) is 1. The number of rotatable bonds is 5. The van der Waals surface area contributed by atoms with Crippen LogP contribution >= 0.6 is 0 Å². The Kier molecular flexibility index (Phi) is 5.23. The fourth-order valence-electron chi connectivity index (χ4n) is 1.53. The topological polar surface area (TPSA) is 66.4 Å². The maximum absolute atomic E-state index is 13.0. The first-order valence-electron chi connectivity index (χ1n) is 6.16. The molecular weight excluding hydrogens is 288 g/mol. The zero-order valence-electron chi connectivity index (χ0n) is 11.7. The van der Waals surface area contributed by atoms with Crippen LogP contribution in [-0.4, -0.2) is 26.2 Å². The fourth-order valence-corrected chi connectivity index (χ4v) is 2.62. The third-order valence-electron chi connectivity index (χ3n) is 2.86. The SMILES string of the molecule is CC(C)(C)C(O)CCNS(=O)(=O)c1cc(F)cc(F)c1. The summed E-state index contributed by atoms with van der Waals surface area (Å²) < 4.78 is 51.9. The van der Waals surface area contributed by atoms with Gasteiger partial charge in [0.25, 0.3) is 0 Å². The molecule has 20 heavy (non-hydrogen) atoms. The van der Waals surface area contributed by atoms with Crippen molar-refractivity contribution in [1.29, 1.82) is 0 Å². The lowest BCUT2D eigenvalue weighted by molar-refractivity contribution is 0.0571. The second-order valence-electron chi connectivity index (χ2n) is 5.67. The zero-order chi connectivity index (χ0) is 15.6. The van der Waals surface area contributed by atoms with Gasteiger partial charge in [0.15, 0.2) is 0 Å². The van der Waals surface area contributed by atoms with E-state index in [0.717, 1.165) is 12.1 Å². The standard InChI is InChI=1S/C13H19F2NO3S/c1-13(2,3)12(17)4-5-16-20(18,19)11-7-9(14)6-10(15)8-11/h6-8,12,16-17H,4-5H2,1-3H3. The molecule has 0 saturated heterocycles. The molecule has 1 atom stereocenters. The summed E-state index contributed by atoms with van der Waals surface area (Å²) in [4.78, 5) is -0.472. The van der Waals surface area contributed by atoms with Gasteiger partial charge < -0.3 is 5.11 Å². The average molecular weight is 307 g/mol. The highest BCUT2D eigenvalue weighted by molar-refractivity contribution is 7.89. The largest absolute Gasteiger partial charge is 0.393 e. The van der Waals surface area contributed by atoms with Crippen LogP contribution in [0, 0.1) is 17.0 Å². The summed E-state index contributed by atoms with van der Waals surface area (Å²) in [6.07, 6.45) is -0.477. The van der Waals surface area contributed by atoms with Gasteiger partial charge in [0, 0.05) is 12.6 Å². The zero-order valence-corrected chi connectivity index (χ0v) is 12.5. The molecule has 0 bridgehead atoms. The maximum atomic E-state index is 13.0. The number of sulfonamides is 1. The van der Waals surface area contributed by atoms with E-state index in [4.69, 9.17) is 0 Å². The monoisotopic (exact) mass is 307 g/mol. The Bertz CT molecular complexity index is 547. The Morgan fingerprint density at radius 1 is 1.20 bits per heavy atom. The van der Waals surface area contributed by atoms with Gasteiger partial charge in [-0.3, -0.25) is 0 Å². The molecule has 0 aliphatic carbocycles. The van der Waals surface area contributed by atoms with Crippen molar-refractivity contribution >= 4 is 10.0 Å². The van der Waals surface area contributed by atoms with Crippen molar-refractivity contribution in [1.82, 2.24) is 4.72 Å². The number of aliphatic hydroxyl groups is 1. The van der Waals surface area contributed by atoms with E-state index in [1.807, 2.05) is 20.8 Å². The Morgan fingerprint density at radius 3 is 2.15 bits per heavy atom. The minimum absolute atomic E-state index is 0.0150. The van der Waals surface area contributed by atoms with E-state index in [1.165, 1.54) is 0 Å². The second-order valence-corrected chi connectivity index (χ2v) is 7.44. The van der Waals surface area contributed by atoms with Crippen molar-refractivity contribution < 1.29 is 22.3 Å². The number of hydrogen-bond donors (Lipinski definition) is 2. The quantitative estimate of drug-likeness (QED) is 0.875. The van der Waals surface area contributed by atoms with Gasteiger partial charge in [-0.25, -0.2) is 21.9 Å². The first-order valence-corrected chi connectivity index (χ1v) is 7.64. The minimum atomic E-state index is -3.99. The van der Waals surface area contributed by atoms with Crippen LogP contribution in [0.3, 0.4) is 0 Å². The smallest absolute Gasteiger partial charge is 0.240 e. The number of halogens is 2. The van der Waals surface area contributed by atoms with Crippen molar-refractivity contribution in [2.45, 2.75) is 38.2 Å². The van der Waals surface area contributed by atoms with Crippen molar-refractivity contribution in [2.24, 2.45) is 5.41 Å². The number of benzene rings is 1. The highest BCUT2D eigenvalue weighted by Gasteiger charge is 2.23. The lowest BCUT2D eigenvalue weighted by Gasteiger charge is -2.25. The van der Waals surface area contributed by atoms with Crippen molar-refractivity contribution in [3.63, 3.8) is 0 Å². The second kappa shape index (κ2) is 6.15. The van der Waals surface area contributed by atoms with E-state index in [-0.39, 0.29) is 18.4 Å². The molecule has 0 aliphatic rings. The lowest BCUT2D eigenvalue weighted by Crippen LogP contribution is -2.32. The molecule has 0 aromatic heterocycles. The molecule has 4 nitrogen and oxygen atoms in total. The van der Waals surface area contributed by atoms with E-state index in [9.17, 15) is 22.3 Å². The van der Waals surface area contributed by atoms with Crippen LogP contribution in [0.25, 0.3) is 0 Å². The van der Waals surface area contributed by atoms with E-state index >= 15 is 0 Å². The minimum Gasteiger partial charge on any atom is -0.393 e. The van der Waals surface area contributed by atoms with Gasteiger partial charge in [-0.05, 0) is 24.0 Å².